The molecular weight excluding hydrogens is 278 g/mol. The van der Waals surface area contributed by atoms with E-state index in [2.05, 4.69) is 48.6 Å². The lowest BCUT2D eigenvalue weighted by molar-refractivity contribution is 0.575. The molecule has 2 heteroatoms. The van der Waals surface area contributed by atoms with Crippen molar-refractivity contribution in [3.05, 3.63) is 70.2 Å². The van der Waals surface area contributed by atoms with Gasteiger partial charge < -0.3 is 5.32 Å². The lowest BCUT2D eigenvalue weighted by Gasteiger charge is -2.21. The van der Waals surface area contributed by atoms with E-state index in [9.17, 15) is 0 Å². The number of benzene rings is 2. The molecule has 0 spiro atoms. The molecule has 1 aliphatic carbocycles. The van der Waals surface area contributed by atoms with Crippen LogP contribution in [0.2, 0.25) is 5.02 Å². The smallest absolute Gasteiger partial charge is 0.0438 e. The molecule has 1 nitrogen and oxygen atoms in total. The quantitative estimate of drug-likeness (QED) is 0.813. The molecule has 0 heterocycles. The zero-order chi connectivity index (χ0) is 14.7. The SMILES string of the molecule is Cc1ccccc1C(CNC1CC1)Cc1ccccc1Cl. The first-order chi connectivity index (χ1) is 10.2. The van der Waals surface area contributed by atoms with Gasteiger partial charge in [-0.3, -0.25) is 0 Å². The lowest BCUT2D eigenvalue weighted by Crippen LogP contribution is -2.25. The third-order valence-electron chi connectivity index (χ3n) is 4.28. The highest BCUT2D eigenvalue weighted by molar-refractivity contribution is 6.31. The van der Waals surface area contributed by atoms with E-state index < -0.39 is 0 Å². The van der Waals surface area contributed by atoms with E-state index in [0.717, 1.165) is 24.0 Å². The molecule has 0 radical (unpaired) electrons. The number of halogens is 1. The van der Waals surface area contributed by atoms with Gasteiger partial charge in [-0.05, 0) is 48.9 Å². The Kier molecular flexibility index (Phi) is 4.62. The van der Waals surface area contributed by atoms with Gasteiger partial charge in [0.2, 0.25) is 0 Å². The minimum Gasteiger partial charge on any atom is -0.313 e. The minimum absolute atomic E-state index is 0.478. The maximum Gasteiger partial charge on any atom is 0.0438 e. The van der Waals surface area contributed by atoms with Crippen LogP contribution in [0.3, 0.4) is 0 Å². The molecule has 1 atom stereocenters. The van der Waals surface area contributed by atoms with Crippen molar-refractivity contribution in [2.24, 2.45) is 0 Å². The Morgan fingerprint density at radius 2 is 1.81 bits per heavy atom. The summed E-state index contributed by atoms with van der Waals surface area (Å²) in [7, 11) is 0. The summed E-state index contributed by atoms with van der Waals surface area (Å²) in [6, 6.07) is 17.6. The first-order valence-electron chi connectivity index (χ1n) is 7.76. The second-order valence-corrected chi connectivity index (χ2v) is 6.44. The Balaban J connectivity index is 1.81. The molecule has 0 aromatic heterocycles. The average Bonchev–Trinajstić information content (AvgIpc) is 3.30. The predicted octanol–water partition coefficient (Wildman–Crippen LogP) is 4.73. The highest BCUT2D eigenvalue weighted by Crippen LogP contribution is 2.28. The zero-order valence-electron chi connectivity index (χ0n) is 12.5. The second-order valence-electron chi connectivity index (χ2n) is 6.03. The summed E-state index contributed by atoms with van der Waals surface area (Å²) in [5, 5.41) is 4.56. The third-order valence-corrected chi connectivity index (χ3v) is 4.65. The fourth-order valence-corrected chi connectivity index (χ4v) is 3.08. The molecule has 0 bridgehead atoms. The summed E-state index contributed by atoms with van der Waals surface area (Å²) in [5.74, 6) is 0.478. The Hall–Kier alpha value is -1.31. The molecule has 1 saturated carbocycles. The fraction of sp³-hybridized carbons (Fsp3) is 0.368. The standard InChI is InChI=1S/C19H22ClN/c1-14-6-2-4-8-18(14)16(13-21-17-10-11-17)12-15-7-3-5-9-19(15)20/h2-9,16-17,21H,10-13H2,1H3. The molecule has 2 aromatic carbocycles. The highest BCUT2D eigenvalue weighted by atomic mass is 35.5. The van der Waals surface area contributed by atoms with Gasteiger partial charge in [-0.1, -0.05) is 54.1 Å². The Bertz CT molecular complexity index is 604. The maximum atomic E-state index is 6.35. The van der Waals surface area contributed by atoms with E-state index in [-0.39, 0.29) is 0 Å². The van der Waals surface area contributed by atoms with Gasteiger partial charge in [0.1, 0.15) is 0 Å². The van der Waals surface area contributed by atoms with Crippen LogP contribution in [-0.2, 0) is 6.42 Å². The summed E-state index contributed by atoms with van der Waals surface area (Å²) in [5.41, 5.74) is 4.04. The van der Waals surface area contributed by atoms with Crippen LogP contribution in [0.25, 0.3) is 0 Å². The van der Waals surface area contributed by atoms with Crippen molar-refractivity contribution in [2.75, 3.05) is 6.54 Å². The van der Waals surface area contributed by atoms with Gasteiger partial charge in [0.05, 0.1) is 0 Å². The number of hydrogen-bond acceptors (Lipinski definition) is 1. The van der Waals surface area contributed by atoms with Crippen molar-refractivity contribution in [3.63, 3.8) is 0 Å². The van der Waals surface area contributed by atoms with Crippen LogP contribution in [0, 0.1) is 6.92 Å². The van der Waals surface area contributed by atoms with Crippen LogP contribution in [0.1, 0.15) is 35.4 Å². The van der Waals surface area contributed by atoms with Gasteiger partial charge in [-0.25, -0.2) is 0 Å². The number of rotatable bonds is 6. The molecule has 0 amide bonds. The minimum atomic E-state index is 0.478. The molecule has 1 N–H and O–H groups in total. The first kappa shape index (κ1) is 14.6. The van der Waals surface area contributed by atoms with Crippen LogP contribution in [0.5, 0.6) is 0 Å². The fourth-order valence-electron chi connectivity index (χ4n) is 2.86. The molecule has 1 fully saturated rings. The zero-order valence-corrected chi connectivity index (χ0v) is 13.2. The van der Waals surface area contributed by atoms with E-state index in [4.69, 9.17) is 11.6 Å². The largest absolute Gasteiger partial charge is 0.313 e. The maximum absolute atomic E-state index is 6.35. The summed E-state index contributed by atoms with van der Waals surface area (Å²) in [4.78, 5) is 0. The predicted molar refractivity (Wildman–Crippen MR) is 90.1 cm³/mol. The van der Waals surface area contributed by atoms with E-state index in [1.165, 1.54) is 29.5 Å². The van der Waals surface area contributed by atoms with Gasteiger partial charge in [0, 0.05) is 23.5 Å². The number of nitrogens with one attached hydrogen (secondary N) is 1. The second kappa shape index (κ2) is 6.64. The van der Waals surface area contributed by atoms with Crippen LogP contribution in [-0.4, -0.2) is 12.6 Å². The summed E-state index contributed by atoms with van der Waals surface area (Å²) in [6.45, 7) is 3.23. The van der Waals surface area contributed by atoms with Crippen molar-refractivity contribution >= 4 is 11.6 Å². The molecule has 3 rings (SSSR count). The lowest BCUT2D eigenvalue weighted by atomic mass is 9.89. The van der Waals surface area contributed by atoms with Gasteiger partial charge in [-0.2, -0.15) is 0 Å². The molecule has 2 aromatic rings. The van der Waals surface area contributed by atoms with Crippen LogP contribution in [0.15, 0.2) is 48.5 Å². The van der Waals surface area contributed by atoms with Gasteiger partial charge in [0.15, 0.2) is 0 Å². The van der Waals surface area contributed by atoms with Crippen molar-refractivity contribution in [1.29, 1.82) is 0 Å². The van der Waals surface area contributed by atoms with Crippen molar-refractivity contribution < 1.29 is 0 Å². The van der Waals surface area contributed by atoms with Crippen molar-refractivity contribution in [3.8, 4) is 0 Å². The van der Waals surface area contributed by atoms with E-state index in [1.807, 2.05) is 12.1 Å². The Morgan fingerprint density at radius 1 is 1.10 bits per heavy atom. The van der Waals surface area contributed by atoms with Gasteiger partial charge in [-0.15, -0.1) is 0 Å². The van der Waals surface area contributed by atoms with Gasteiger partial charge >= 0.3 is 0 Å². The molecule has 1 unspecified atom stereocenters. The van der Waals surface area contributed by atoms with E-state index >= 15 is 0 Å². The molecule has 0 saturated heterocycles. The van der Waals surface area contributed by atoms with Crippen LogP contribution >= 0.6 is 11.6 Å². The molecule has 1 aliphatic rings. The number of hydrogen-bond donors (Lipinski definition) is 1. The summed E-state index contributed by atoms with van der Waals surface area (Å²) < 4.78 is 0. The van der Waals surface area contributed by atoms with Crippen LogP contribution in [0.4, 0.5) is 0 Å². The Morgan fingerprint density at radius 3 is 2.52 bits per heavy atom. The molecular formula is C19H22ClN. The van der Waals surface area contributed by atoms with E-state index in [0.29, 0.717) is 5.92 Å². The molecule has 21 heavy (non-hydrogen) atoms. The van der Waals surface area contributed by atoms with Gasteiger partial charge in [0.25, 0.3) is 0 Å². The number of aryl methyl sites for hydroxylation is 1. The molecule has 110 valence electrons. The van der Waals surface area contributed by atoms with Crippen molar-refractivity contribution in [1.82, 2.24) is 5.32 Å². The van der Waals surface area contributed by atoms with Crippen LogP contribution < -0.4 is 5.32 Å². The topological polar surface area (TPSA) is 12.0 Å². The normalized spacial score (nSPS) is 15.9. The highest BCUT2D eigenvalue weighted by Gasteiger charge is 2.23. The Labute approximate surface area is 132 Å². The monoisotopic (exact) mass is 299 g/mol. The molecule has 0 aliphatic heterocycles. The third kappa shape index (κ3) is 3.87. The average molecular weight is 300 g/mol. The van der Waals surface area contributed by atoms with Crippen molar-refractivity contribution in [2.45, 2.75) is 38.1 Å². The summed E-state index contributed by atoms with van der Waals surface area (Å²) >= 11 is 6.35. The summed E-state index contributed by atoms with van der Waals surface area (Å²) in [6.07, 6.45) is 3.64. The van der Waals surface area contributed by atoms with E-state index in [1.54, 1.807) is 0 Å². The first-order valence-corrected chi connectivity index (χ1v) is 8.14.